The van der Waals surface area contributed by atoms with Crippen LogP contribution in [0.5, 0.6) is 0 Å². The van der Waals surface area contributed by atoms with Gasteiger partial charge in [-0.3, -0.25) is 0 Å². The van der Waals surface area contributed by atoms with E-state index in [1.807, 2.05) is 0 Å². The summed E-state index contributed by atoms with van der Waals surface area (Å²) in [5.41, 5.74) is 1.43. The van der Waals surface area contributed by atoms with E-state index in [-0.39, 0.29) is 0 Å². The van der Waals surface area contributed by atoms with Crippen molar-refractivity contribution < 1.29 is 0 Å². The lowest BCUT2D eigenvalue weighted by molar-refractivity contribution is 0.293. The van der Waals surface area contributed by atoms with Crippen molar-refractivity contribution in [3.05, 3.63) is 20.8 Å². The molecule has 1 aliphatic carbocycles. The largest absolute Gasteiger partial charge is 0.308 e. The molecule has 1 aromatic heterocycles. The Bertz CT molecular complexity index is 362. The first-order valence-electron chi connectivity index (χ1n) is 5.76. The normalized spacial score (nSPS) is 21.4. The standard InChI is InChI=1S/C12H19ClN2S/c1-8(15(2)3)7-14-10-4-5-11-9(10)6-12(13)16-11/h6,8,10,14H,4-5,7H2,1-3H3. The molecule has 1 aromatic rings. The zero-order valence-corrected chi connectivity index (χ0v) is 11.7. The summed E-state index contributed by atoms with van der Waals surface area (Å²) in [4.78, 5) is 3.71. The van der Waals surface area contributed by atoms with Gasteiger partial charge in [0.25, 0.3) is 0 Å². The second kappa shape index (κ2) is 5.05. The van der Waals surface area contributed by atoms with Crippen LogP contribution in [-0.2, 0) is 6.42 Å². The fraction of sp³-hybridized carbons (Fsp3) is 0.667. The van der Waals surface area contributed by atoms with Crippen LogP contribution in [0.25, 0.3) is 0 Å². The van der Waals surface area contributed by atoms with Crippen LogP contribution < -0.4 is 5.32 Å². The lowest BCUT2D eigenvalue weighted by Gasteiger charge is -2.22. The van der Waals surface area contributed by atoms with Crippen LogP contribution in [0.3, 0.4) is 0 Å². The molecular weight excluding hydrogens is 240 g/mol. The van der Waals surface area contributed by atoms with Crippen LogP contribution in [0.2, 0.25) is 4.34 Å². The van der Waals surface area contributed by atoms with Gasteiger partial charge in [-0.15, -0.1) is 11.3 Å². The molecule has 0 aliphatic heterocycles. The monoisotopic (exact) mass is 258 g/mol. The van der Waals surface area contributed by atoms with E-state index < -0.39 is 0 Å². The zero-order valence-electron chi connectivity index (χ0n) is 10.1. The molecule has 2 unspecified atom stereocenters. The minimum Gasteiger partial charge on any atom is -0.308 e. The maximum absolute atomic E-state index is 6.04. The summed E-state index contributed by atoms with van der Waals surface area (Å²) in [5.74, 6) is 0. The van der Waals surface area contributed by atoms with E-state index in [1.54, 1.807) is 11.3 Å². The maximum Gasteiger partial charge on any atom is 0.0934 e. The van der Waals surface area contributed by atoms with E-state index in [4.69, 9.17) is 11.6 Å². The second-order valence-electron chi connectivity index (χ2n) is 4.74. The van der Waals surface area contributed by atoms with E-state index in [0.717, 1.165) is 10.9 Å². The van der Waals surface area contributed by atoms with Crippen LogP contribution in [0.1, 0.15) is 29.8 Å². The summed E-state index contributed by atoms with van der Waals surface area (Å²) in [6.07, 6.45) is 2.40. The molecule has 90 valence electrons. The average molecular weight is 259 g/mol. The molecule has 0 amide bonds. The third kappa shape index (κ3) is 2.59. The number of nitrogens with one attached hydrogen (secondary N) is 1. The third-order valence-electron chi connectivity index (χ3n) is 3.39. The summed E-state index contributed by atoms with van der Waals surface area (Å²) in [7, 11) is 4.24. The molecule has 1 N–H and O–H groups in total. The smallest absolute Gasteiger partial charge is 0.0934 e. The molecule has 2 nitrogen and oxygen atoms in total. The Hall–Kier alpha value is -0.0900. The highest BCUT2D eigenvalue weighted by molar-refractivity contribution is 7.16. The molecule has 2 atom stereocenters. The van der Waals surface area contributed by atoms with Gasteiger partial charge in [0, 0.05) is 23.5 Å². The van der Waals surface area contributed by atoms with Gasteiger partial charge in [0.05, 0.1) is 4.34 Å². The van der Waals surface area contributed by atoms with Crippen LogP contribution in [0.15, 0.2) is 6.07 Å². The van der Waals surface area contributed by atoms with Gasteiger partial charge in [-0.05, 0) is 45.5 Å². The van der Waals surface area contributed by atoms with Gasteiger partial charge in [-0.2, -0.15) is 0 Å². The number of nitrogens with zero attached hydrogens (tertiary/aromatic N) is 1. The van der Waals surface area contributed by atoms with E-state index in [2.05, 4.69) is 37.3 Å². The van der Waals surface area contributed by atoms with Crippen LogP contribution >= 0.6 is 22.9 Å². The maximum atomic E-state index is 6.04. The molecule has 0 spiro atoms. The first-order valence-corrected chi connectivity index (χ1v) is 6.95. The van der Waals surface area contributed by atoms with Crippen molar-refractivity contribution in [3.63, 3.8) is 0 Å². The fourth-order valence-electron chi connectivity index (χ4n) is 2.04. The zero-order chi connectivity index (χ0) is 11.7. The van der Waals surface area contributed by atoms with E-state index in [0.29, 0.717) is 12.1 Å². The highest BCUT2D eigenvalue weighted by Gasteiger charge is 2.24. The fourth-order valence-corrected chi connectivity index (χ4v) is 3.39. The van der Waals surface area contributed by atoms with Gasteiger partial charge >= 0.3 is 0 Å². The highest BCUT2D eigenvalue weighted by Crippen LogP contribution is 2.39. The van der Waals surface area contributed by atoms with Crippen molar-refractivity contribution in [2.75, 3.05) is 20.6 Å². The van der Waals surface area contributed by atoms with Gasteiger partial charge in [-0.1, -0.05) is 11.6 Å². The quantitative estimate of drug-likeness (QED) is 0.894. The van der Waals surface area contributed by atoms with E-state index >= 15 is 0 Å². The number of hydrogen-bond acceptors (Lipinski definition) is 3. The predicted molar refractivity (Wildman–Crippen MR) is 71.5 cm³/mol. The molecule has 2 rings (SSSR count). The SMILES string of the molecule is CC(CNC1CCc2sc(Cl)cc21)N(C)C. The number of likely N-dealkylation sites (N-methyl/N-ethyl adjacent to an activating group) is 1. The van der Waals surface area contributed by atoms with E-state index in [9.17, 15) is 0 Å². The molecule has 16 heavy (non-hydrogen) atoms. The lowest BCUT2D eigenvalue weighted by atomic mass is 10.1. The van der Waals surface area contributed by atoms with Crippen LogP contribution in [-0.4, -0.2) is 31.6 Å². The third-order valence-corrected chi connectivity index (χ3v) is 4.73. The minimum absolute atomic E-state index is 0.515. The Morgan fingerprint density at radius 1 is 1.62 bits per heavy atom. The first kappa shape index (κ1) is 12.4. The molecule has 0 radical (unpaired) electrons. The predicted octanol–water partition coefficient (Wildman–Crippen LogP) is 2.93. The summed E-state index contributed by atoms with van der Waals surface area (Å²) < 4.78 is 0.928. The number of fused-ring (bicyclic) bond motifs is 1. The van der Waals surface area contributed by atoms with Gasteiger partial charge in [-0.25, -0.2) is 0 Å². The van der Waals surface area contributed by atoms with Crippen molar-refractivity contribution in [2.24, 2.45) is 0 Å². The number of halogens is 1. The molecule has 0 bridgehead atoms. The Kier molecular flexibility index (Phi) is 3.90. The highest BCUT2D eigenvalue weighted by atomic mass is 35.5. The van der Waals surface area contributed by atoms with Crippen molar-refractivity contribution >= 4 is 22.9 Å². The summed E-state index contributed by atoms with van der Waals surface area (Å²) in [5, 5.41) is 3.64. The van der Waals surface area contributed by atoms with Crippen LogP contribution in [0, 0.1) is 0 Å². The Balaban J connectivity index is 1.93. The molecule has 4 heteroatoms. The Morgan fingerprint density at radius 3 is 3.06 bits per heavy atom. The molecule has 1 heterocycles. The molecule has 0 saturated carbocycles. The molecule has 1 aliphatic rings. The number of thiophene rings is 1. The lowest BCUT2D eigenvalue weighted by Crippen LogP contribution is -2.36. The molecule has 0 aromatic carbocycles. The summed E-state index contributed by atoms with van der Waals surface area (Å²) in [6, 6.07) is 3.21. The van der Waals surface area contributed by atoms with Gasteiger partial charge in [0.1, 0.15) is 0 Å². The van der Waals surface area contributed by atoms with Crippen LogP contribution in [0.4, 0.5) is 0 Å². The van der Waals surface area contributed by atoms with Gasteiger partial charge < -0.3 is 10.2 Å². The molecular formula is C12H19ClN2S. The van der Waals surface area contributed by atoms with Gasteiger partial charge in [0.2, 0.25) is 0 Å². The number of hydrogen-bond donors (Lipinski definition) is 1. The summed E-state index contributed by atoms with van der Waals surface area (Å²) in [6.45, 7) is 3.27. The first-order chi connectivity index (χ1) is 7.58. The molecule has 0 fully saturated rings. The van der Waals surface area contributed by atoms with E-state index in [1.165, 1.54) is 23.3 Å². The molecule has 0 saturated heterocycles. The number of aryl methyl sites for hydroxylation is 1. The topological polar surface area (TPSA) is 15.3 Å². The van der Waals surface area contributed by atoms with Gasteiger partial charge in [0.15, 0.2) is 0 Å². The second-order valence-corrected chi connectivity index (χ2v) is 6.51. The Morgan fingerprint density at radius 2 is 2.38 bits per heavy atom. The summed E-state index contributed by atoms with van der Waals surface area (Å²) >= 11 is 7.78. The van der Waals surface area contributed by atoms with Crippen molar-refractivity contribution in [2.45, 2.75) is 31.8 Å². The average Bonchev–Trinajstić information content (AvgIpc) is 2.73. The van der Waals surface area contributed by atoms with Crippen molar-refractivity contribution in [1.29, 1.82) is 0 Å². The minimum atomic E-state index is 0.515. The van der Waals surface area contributed by atoms with Crippen molar-refractivity contribution in [3.8, 4) is 0 Å². The Labute approximate surface area is 107 Å². The number of rotatable bonds is 4. The van der Waals surface area contributed by atoms with Crippen molar-refractivity contribution in [1.82, 2.24) is 10.2 Å².